The first-order chi connectivity index (χ1) is 9.04. The third-order valence-electron chi connectivity index (χ3n) is 3.67. The fraction of sp³-hybridized carbons (Fsp3) is 0.714. The predicted molar refractivity (Wildman–Crippen MR) is 74.4 cm³/mol. The summed E-state index contributed by atoms with van der Waals surface area (Å²) in [5.41, 5.74) is 7.35. The molecule has 1 aliphatic heterocycles. The van der Waals surface area contributed by atoms with Gasteiger partial charge in [0.05, 0.1) is 11.7 Å². The number of piperidine rings is 1. The molecule has 19 heavy (non-hydrogen) atoms. The highest BCUT2D eigenvalue weighted by molar-refractivity contribution is 5.77. The number of carbonyl (C=O) groups excluding carboxylic acids is 1. The van der Waals surface area contributed by atoms with E-state index in [1.165, 1.54) is 0 Å². The molecular formula is C14H24N4O. The molecule has 1 aromatic heterocycles. The summed E-state index contributed by atoms with van der Waals surface area (Å²) < 4.78 is 1.94. The molecule has 2 atom stereocenters. The smallest absolute Gasteiger partial charge is 0.223 e. The maximum Gasteiger partial charge on any atom is 0.223 e. The summed E-state index contributed by atoms with van der Waals surface area (Å²) in [5.74, 6) is 0.652. The van der Waals surface area contributed by atoms with Gasteiger partial charge >= 0.3 is 0 Å². The van der Waals surface area contributed by atoms with E-state index in [-0.39, 0.29) is 18.0 Å². The Balaban J connectivity index is 2.33. The second kappa shape index (κ2) is 5.74. The zero-order valence-corrected chi connectivity index (χ0v) is 12.0. The van der Waals surface area contributed by atoms with Crippen LogP contribution in [0.15, 0.2) is 12.3 Å². The first kappa shape index (κ1) is 14.1. The van der Waals surface area contributed by atoms with Crippen LogP contribution in [0, 0.1) is 5.92 Å². The fourth-order valence-electron chi connectivity index (χ4n) is 2.82. The van der Waals surface area contributed by atoms with Gasteiger partial charge in [-0.25, -0.2) is 0 Å². The fourth-order valence-corrected chi connectivity index (χ4v) is 2.82. The first-order valence-electron chi connectivity index (χ1n) is 7.11. The number of hydrogen-bond donors (Lipinski definition) is 1. The molecule has 1 saturated heterocycles. The number of likely N-dealkylation sites (tertiary alicyclic amines) is 1. The number of carbonyl (C=O) groups is 1. The van der Waals surface area contributed by atoms with Crippen molar-refractivity contribution in [2.24, 2.45) is 11.7 Å². The average Bonchev–Trinajstić information content (AvgIpc) is 2.81. The van der Waals surface area contributed by atoms with E-state index in [2.05, 4.69) is 25.9 Å². The summed E-state index contributed by atoms with van der Waals surface area (Å²) in [6, 6.07) is 1.95. The third kappa shape index (κ3) is 2.81. The lowest BCUT2D eigenvalue weighted by Crippen LogP contribution is -2.50. The van der Waals surface area contributed by atoms with Crippen molar-refractivity contribution in [3.05, 3.63) is 18.0 Å². The molecule has 106 valence electrons. The Labute approximate surface area is 114 Å². The van der Waals surface area contributed by atoms with E-state index in [4.69, 9.17) is 5.73 Å². The van der Waals surface area contributed by atoms with Crippen LogP contribution in [0.2, 0.25) is 0 Å². The molecule has 1 aliphatic rings. The first-order valence-corrected chi connectivity index (χ1v) is 7.11. The summed E-state index contributed by atoms with van der Waals surface area (Å²) in [6.45, 7) is 7.87. The van der Waals surface area contributed by atoms with Crippen LogP contribution >= 0.6 is 0 Å². The van der Waals surface area contributed by atoms with Crippen LogP contribution in [0.3, 0.4) is 0 Å². The largest absolute Gasteiger partial charge is 0.332 e. The van der Waals surface area contributed by atoms with Crippen molar-refractivity contribution in [2.75, 3.05) is 6.54 Å². The number of aryl methyl sites for hydroxylation is 1. The second-order valence-corrected chi connectivity index (χ2v) is 5.66. The Morgan fingerprint density at radius 1 is 1.53 bits per heavy atom. The molecule has 0 spiro atoms. The lowest BCUT2D eigenvalue weighted by Gasteiger charge is -2.40. The highest BCUT2D eigenvalue weighted by atomic mass is 16.2. The normalized spacial score (nSPS) is 24.3. The van der Waals surface area contributed by atoms with E-state index in [0.29, 0.717) is 12.3 Å². The van der Waals surface area contributed by atoms with Crippen LogP contribution < -0.4 is 5.73 Å². The Bertz CT molecular complexity index is 440. The molecule has 0 radical (unpaired) electrons. The van der Waals surface area contributed by atoms with Crippen LogP contribution in [0.1, 0.15) is 45.3 Å². The molecule has 0 saturated carbocycles. The number of rotatable bonds is 4. The molecule has 5 heteroatoms. The van der Waals surface area contributed by atoms with E-state index in [9.17, 15) is 4.79 Å². The highest BCUT2D eigenvalue weighted by Gasteiger charge is 2.36. The van der Waals surface area contributed by atoms with Crippen molar-refractivity contribution in [1.82, 2.24) is 14.7 Å². The molecule has 1 amide bonds. The van der Waals surface area contributed by atoms with E-state index < -0.39 is 0 Å². The van der Waals surface area contributed by atoms with Crippen molar-refractivity contribution in [3.63, 3.8) is 0 Å². The van der Waals surface area contributed by atoms with Crippen LogP contribution in [0.4, 0.5) is 0 Å². The number of nitrogens with two attached hydrogens (primary N) is 1. The Morgan fingerprint density at radius 3 is 2.89 bits per heavy atom. The molecule has 1 fully saturated rings. The average molecular weight is 264 g/mol. The van der Waals surface area contributed by atoms with Gasteiger partial charge < -0.3 is 10.6 Å². The van der Waals surface area contributed by atoms with Crippen LogP contribution in [0.5, 0.6) is 0 Å². The lowest BCUT2D eigenvalue weighted by molar-refractivity contribution is -0.138. The molecule has 5 nitrogen and oxygen atoms in total. The Kier molecular flexibility index (Phi) is 4.24. The second-order valence-electron chi connectivity index (χ2n) is 5.66. The number of amides is 1. The maximum atomic E-state index is 12.2. The quantitative estimate of drug-likeness (QED) is 0.897. The summed E-state index contributed by atoms with van der Waals surface area (Å²) in [7, 11) is 0. The van der Waals surface area contributed by atoms with E-state index in [1.54, 1.807) is 6.20 Å². The van der Waals surface area contributed by atoms with Gasteiger partial charge in [-0.1, -0.05) is 13.8 Å². The van der Waals surface area contributed by atoms with Crippen LogP contribution in [-0.4, -0.2) is 33.2 Å². The van der Waals surface area contributed by atoms with E-state index in [1.807, 2.05) is 15.6 Å². The van der Waals surface area contributed by atoms with Gasteiger partial charge in [-0.2, -0.15) is 5.10 Å². The van der Waals surface area contributed by atoms with Crippen molar-refractivity contribution < 1.29 is 4.79 Å². The van der Waals surface area contributed by atoms with Crippen molar-refractivity contribution in [1.29, 1.82) is 0 Å². The summed E-state index contributed by atoms with van der Waals surface area (Å²) in [6.07, 6.45) is 3.11. The van der Waals surface area contributed by atoms with Crippen LogP contribution in [0.25, 0.3) is 0 Å². The molecule has 0 aliphatic carbocycles. The minimum atomic E-state index is -0.0360. The maximum absolute atomic E-state index is 12.2. The zero-order chi connectivity index (χ0) is 14.0. The van der Waals surface area contributed by atoms with Gasteiger partial charge in [-0.05, 0) is 25.3 Å². The lowest BCUT2D eigenvalue weighted by atomic mass is 9.92. The molecule has 2 unspecified atom stereocenters. The Morgan fingerprint density at radius 2 is 2.26 bits per heavy atom. The van der Waals surface area contributed by atoms with Crippen LogP contribution in [-0.2, 0) is 11.3 Å². The molecule has 0 bridgehead atoms. The molecule has 2 rings (SSSR count). The minimum absolute atomic E-state index is 0.00144. The summed E-state index contributed by atoms with van der Waals surface area (Å²) in [4.78, 5) is 14.2. The van der Waals surface area contributed by atoms with Gasteiger partial charge in [-0.3, -0.25) is 9.48 Å². The topological polar surface area (TPSA) is 64.2 Å². The molecule has 1 aromatic rings. The third-order valence-corrected chi connectivity index (χ3v) is 3.67. The van der Waals surface area contributed by atoms with Gasteiger partial charge in [0.25, 0.3) is 0 Å². The highest BCUT2D eigenvalue weighted by Crippen LogP contribution is 2.31. The number of nitrogens with zero attached hydrogens (tertiary/aromatic N) is 3. The molecule has 0 aromatic carbocycles. The van der Waals surface area contributed by atoms with Gasteiger partial charge in [0.1, 0.15) is 0 Å². The molecule has 2 heterocycles. The van der Waals surface area contributed by atoms with E-state index in [0.717, 1.165) is 25.2 Å². The van der Waals surface area contributed by atoms with Gasteiger partial charge in [0.2, 0.25) is 5.91 Å². The monoisotopic (exact) mass is 264 g/mol. The van der Waals surface area contributed by atoms with Gasteiger partial charge in [0.15, 0.2) is 0 Å². The summed E-state index contributed by atoms with van der Waals surface area (Å²) >= 11 is 0. The standard InChI is InChI=1S/C14H24N4O/c1-4-18-12(7-8-16-18)14-11(15)5-6-13(19)17(14)9-10(2)3/h7-8,10-11,14H,4-6,9,15H2,1-3H3. The van der Waals surface area contributed by atoms with Crippen molar-refractivity contribution >= 4 is 5.91 Å². The molecular weight excluding hydrogens is 240 g/mol. The predicted octanol–water partition coefficient (Wildman–Crippen LogP) is 1.55. The van der Waals surface area contributed by atoms with Gasteiger partial charge in [-0.15, -0.1) is 0 Å². The summed E-state index contributed by atoms with van der Waals surface area (Å²) in [5, 5.41) is 4.31. The van der Waals surface area contributed by atoms with Crippen molar-refractivity contribution in [2.45, 2.75) is 52.2 Å². The van der Waals surface area contributed by atoms with E-state index >= 15 is 0 Å². The molecule has 2 N–H and O–H groups in total. The van der Waals surface area contributed by atoms with Crippen molar-refractivity contribution in [3.8, 4) is 0 Å². The minimum Gasteiger partial charge on any atom is -0.332 e. The van der Waals surface area contributed by atoms with Gasteiger partial charge in [0, 0.05) is 31.7 Å². The number of hydrogen-bond acceptors (Lipinski definition) is 3. The zero-order valence-electron chi connectivity index (χ0n) is 12.0. The SMILES string of the molecule is CCn1nccc1C1C(N)CCC(=O)N1CC(C)C. The Hall–Kier alpha value is -1.36. The number of aromatic nitrogens is 2.